The van der Waals surface area contributed by atoms with Crippen molar-refractivity contribution in [2.45, 2.75) is 13.0 Å². The summed E-state index contributed by atoms with van der Waals surface area (Å²) in [6.07, 6.45) is 0.186. The van der Waals surface area contributed by atoms with E-state index >= 15 is 0 Å². The molecule has 1 fully saturated rings. The van der Waals surface area contributed by atoms with Crippen molar-refractivity contribution in [3.05, 3.63) is 35.9 Å². The third-order valence-electron chi connectivity index (χ3n) is 4.08. The summed E-state index contributed by atoms with van der Waals surface area (Å²) < 4.78 is 26.7. The first-order chi connectivity index (χ1) is 11.4. The van der Waals surface area contributed by atoms with Gasteiger partial charge in [-0.25, -0.2) is 4.72 Å². The third kappa shape index (κ3) is 5.55. The van der Waals surface area contributed by atoms with E-state index in [1.165, 1.54) is 19.7 Å². The summed E-state index contributed by atoms with van der Waals surface area (Å²) in [7, 11) is -0.555. The molecule has 0 aromatic heterocycles. The quantitative estimate of drug-likeness (QED) is 0.755. The van der Waals surface area contributed by atoms with Crippen LogP contribution in [0.3, 0.4) is 0 Å². The Morgan fingerprint density at radius 2 is 1.75 bits per heavy atom. The molecule has 1 aliphatic heterocycles. The Balaban J connectivity index is 1.71. The fourth-order valence-corrected chi connectivity index (χ4v) is 3.19. The van der Waals surface area contributed by atoms with Gasteiger partial charge >= 0.3 is 0 Å². The second-order valence-corrected chi connectivity index (χ2v) is 8.04. The molecule has 1 aliphatic rings. The lowest BCUT2D eigenvalue weighted by atomic mass is 10.2. The third-order valence-corrected chi connectivity index (χ3v) is 5.61. The SMILES string of the molecule is CN(C)S(=O)(=O)NCCC(=O)N1CCN(Cc2ccccc2)CC1. The second-order valence-electron chi connectivity index (χ2n) is 6.07. The van der Waals surface area contributed by atoms with E-state index in [-0.39, 0.29) is 18.9 Å². The number of hydrogen-bond donors (Lipinski definition) is 1. The molecular weight excluding hydrogens is 328 g/mol. The molecule has 1 N–H and O–H groups in total. The zero-order chi connectivity index (χ0) is 17.6. The smallest absolute Gasteiger partial charge is 0.278 e. The number of benzene rings is 1. The van der Waals surface area contributed by atoms with Gasteiger partial charge in [-0.2, -0.15) is 12.7 Å². The summed E-state index contributed by atoms with van der Waals surface area (Å²) in [6, 6.07) is 10.3. The van der Waals surface area contributed by atoms with Crippen molar-refractivity contribution < 1.29 is 13.2 Å². The minimum Gasteiger partial charge on any atom is -0.340 e. The predicted octanol–water partition coefficient (Wildman–Crippen LogP) is 0.117. The maximum absolute atomic E-state index is 12.2. The molecule has 1 aromatic rings. The van der Waals surface area contributed by atoms with E-state index in [1.54, 1.807) is 0 Å². The number of nitrogens with zero attached hydrogens (tertiary/aromatic N) is 3. The fourth-order valence-electron chi connectivity index (χ4n) is 2.57. The molecule has 1 aromatic carbocycles. The molecule has 0 bridgehead atoms. The fraction of sp³-hybridized carbons (Fsp3) is 0.562. The van der Waals surface area contributed by atoms with Gasteiger partial charge in [-0.15, -0.1) is 0 Å². The van der Waals surface area contributed by atoms with Crippen molar-refractivity contribution in [3.63, 3.8) is 0 Å². The van der Waals surface area contributed by atoms with Gasteiger partial charge in [0.2, 0.25) is 5.91 Å². The van der Waals surface area contributed by atoms with Crippen molar-refractivity contribution in [1.29, 1.82) is 0 Å². The summed E-state index contributed by atoms with van der Waals surface area (Å²) >= 11 is 0. The number of nitrogens with one attached hydrogen (secondary N) is 1. The normalized spacial score (nSPS) is 16.5. The molecule has 0 saturated carbocycles. The minimum absolute atomic E-state index is 0.00387. The summed E-state index contributed by atoms with van der Waals surface area (Å²) in [5, 5.41) is 0. The summed E-state index contributed by atoms with van der Waals surface area (Å²) in [5.41, 5.74) is 1.27. The van der Waals surface area contributed by atoms with E-state index in [0.717, 1.165) is 23.9 Å². The molecule has 134 valence electrons. The van der Waals surface area contributed by atoms with E-state index in [2.05, 4.69) is 21.8 Å². The standard InChI is InChI=1S/C16H26N4O3S/c1-18(2)24(22,23)17-9-8-16(21)20-12-10-19(11-13-20)14-15-6-4-3-5-7-15/h3-7,17H,8-14H2,1-2H3. The number of hydrogen-bond acceptors (Lipinski definition) is 4. The lowest BCUT2D eigenvalue weighted by Crippen LogP contribution is -2.49. The Bertz CT molecular complexity index is 626. The van der Waals surface area contributed by atoms with Gasteiger partial charge in [0, 0.05) is 59.8 Å². The first kappa shape index (κ1) is 18.9. The van der Waals surface area contributed by atoms with Crippen molar-refractivity contribution >= 4 is 16.1 Å². The zero-order valence-corrected chi connectivity index (χ0v) is 15.1. The van der Waals surface area contributed by atoms with Crippen LogP contribution in [0, 0.1) is 0 Å². The van der Waals surface area contributed by atoms with Crippen LogP contribution in [0.5, 0.6) is 0 Å². The maximum Gasteiger partial charge on any atom is 0.278 e. The van der Waals surface area contributed by atoms with Gasteiger partial charge in [-0.05, 0) is 5.56 Å². The molecule has 1 amide bonds. The first-order valence-corrected chi connectivity index (χ1v) is 9.53. The van der Waals surface area contributed by atoms with Gasteiger partial charge in [0.1, 0.15) is 0 Å². The lowest BCUT2D eigenvalue weighted by Gasteiger charge is -2.34. The van der Waals surface area contributed by atoms with Gasteiger partial charge in [0.25, 0.3) is 10.2 Å². The van der Waals surface area contributed by atoms with Crippen LogP contribution >= 0.6 is 0 Å². The van der Waals surface area contributed by atoms with Crippen LogP contribution in [0.15, 0.2) is 30.3 Å². The highest BCUT2D eigenvalue weighted by Crippen LogP contribution is 2.09. The highest BCUT2D eigenvalue weighted by molar-refractivity contribution is 7.87. The van der Waals surface area contributed by atoms with Crippen molar-refractivity contribution in [1.82, 2.24) is 18.8 Å². The Hall–Kier alpha value is -1.48. The molecule has 0 atom stereocenters. The monoisotopic (exact) mass is 354 g/mol. The molecule has 0 radical (unpaired) electrons. The zero-order valence-electron chi connectivity index (χ0n) is 14.3. The Morgan fingerprint density at radius 3 is 2.33 bits per heavy atom. The van der Waals surface area contributed by atoms with Gasteiger partial charge in [0.15, 0.2) is 0 Å². The molecule has 0 spiro atoms. The van der Waals surface area contributed by atoms with Gasteiger partial charge < -0.3 is 4.90 Å². The van der Waals surface area contributed by atoms with Crippen LogP contribution in [0.4, 0.5) is 0 Å². The second kappa shape index (κ2) is 8.57. The molecule has 8 heteroatoms. The molecule has 2 rings (SSSR count). The average molecular weight is 354 g/mol. The highest BCUT2D eigenvalue weighted by atomic mass is 32.2. The topological polar surface area (TPSA) is 73.0 Å². The first-order valence-electron chi connectivity index (χ1n) is 8.09. The van der Waals surface area contributed by atoms with Crippen LogP contribution in [0.25, 0.3) is 0 Å². The lowest BCUT2D eigenvalue weighted by molar-refractivity contribution is -0.132. The predicted molar refractivity (Wildman–Crippen MR) is 93.5 cm³/mol. The van der Waals surface area contributed by atoms with Crippen molar-refractivity contribution in [2.24, 2.45) is 0 Å². The molecule has 1 saturated heterocycles. The van der Waals surface area contributed by atoms with Crippen LogP contribution in [0.1, 0.15) is 12.0 Å². The molecule has 24 heavy (non-hydrogen) atoms. The molecule has 0 aliphatic carbocycles. The highest BCUT2D eigenvalue weighted by Gasteiger charge is 2.21. The Morgan fingerprint density at radius 1 is 1.12 bits per heavy atom. The molecule has 0 unspecified atom stereocenters. The Kier molecular flexibility index (Phi) is 6.73. The number of amides is 1. The van der Waals surface area contributed by atoms with Crippen LogP contribution in [-0.4, -0.2) is 75.2 Å². The molecular formula is C16H26N4O3S. The maximum atomic E-state index is 12.2. The number of carbonyl (C=O) groups excluding carboxylic acids is 1. The van der Waals surface area contributed by atoms with E-state index in [9.17, 15) is 13.2 Å². The van der Waals surface area contributed by atoms with Crippen LogP contribution in [-0.2, 0) is 21.5 Å². The largest absolute Gasteiger partial charge is 0.340 e. The number of piperazine rings is 1. The Labute approximate surface area is 144 Å². The summed E-state index contributed by atoms with van der Waals surface area (Å²) in [4.78, 5) is 16.3. The van der Waals surface area contributed by atoms with Crippen LogP contribution in [0.2, 0.25) is 0 Å². The number of carbonyl (C=O) groups is 1. The van der Waals surface area contributed by atoms with E-state index in [1.807, 2.05) is 23.1 Å². The van der Waals surface area contributed by atoms with Crippen molar-refractivity contribution in [2.75, 3.05) is 46.8 Å². The molecule has 7 nitrogen and oxygen atoms in total. The summed E-state index contributed by atoms with van der Waals surface area (Å²) in [5.74, 6) is -0.00387. The summed E-state index contributed by atoms with van der Waals surface area (Å²) in [6.45, 7) is 4.07. The molecule has 1 heterocycles. The average Bonchev–Trinajstić information content (AvgIpc) is 2.56. The van der Waals surface area contributed by atoms with E-state index < -0.39 is 10.2 Å². The van der Waals surface area contributed by atoms with Gasteiger partial charge in [0.05, 0.1) is 0 Å². The van der Waals surface area contributed by atoms with Gasteiger partial charge in [-0.1, -0.05) is 30.3 Å². The van der Waals surface area contributed by atoms with Crippen LogP contribution < -0.4 is 4.72 Å². The van der Waals surface area contributed by atoms with Crippen molar-refractivity contribution in [3.8, 4) is 0 Å². The van der Waals surface area contributed by atoms with E-state index in [0.29, 0.717) is 13.1 Å². The van der Waals surface area contributed by atoms with E-state index in [4.69, 9.17) is 0 Å². The minimum atomic E-state index is -3.46. The number of rotatable bonds is 7. The van der Waals surface area contributed by atoms with Gasteiger partial charge in [-0.3, -0.25) is 9.69 Å².